The summed E-state index contributed by atoms with van der Waals surface area (Å²) in [6, 6.07) is 7.91. The van der Waals surface area contributed by atoms with Crippen molar-refractivity contribution in [1.29, 1.82) is 0 Å². The van der Waals surface area contributed by atoms with Crippen molar-refractivity contribution in [2.24, 2.45) is 0 Å². The third-order valence-corrected chi connectivity index (χ3v) is 2.72. The van der Waals surface area contributed by atoms with Gasteiger partial charge in [0.05, 0.1) is 0 Å². The molecule has 0 N–H and O–H groups in total. The lowest BCUT2D eigenvalue weighted by Crippen LogP contribution is -1.96. The second kappa shape index (κ2) is 4.22. The third kappa shape index (κ3) is 2.07. The molecule has 0 unspecified atom stereocenters. The first-order valence-corrected chi connectivity index (χ1v) is 5.53. The highest BCUT2D eigenvalue weighted by Gasteiger charge is 2.09. The lowest BCUT2D eigenvalue weighted by atomic mass is 10.0. The largest absolute Gasteiger partial charge is 0.233 e. The van der Waals surface area contributed by atoms with E-state index in [-0.39, 0.29) is 0 Å². The topological polar surface area (TPSA) is 25.8 Å². The van der Waals surface area contributed by atoms with Crippen LogP contribution in [0.1, 0.15) is 16.8 Å². The van der Waals surface area contributed by atoms with Crippen LogP contribution in [-0.4, -0.2) is 9.97 Å². The lowest BCUT2D eigenvalue weighted by Gasteiger charge is -2.08. The molecule has 0 radical (unpaired) electrons. The summed E-state index contributed by atoms with van der Waals surface area (Å²) < 4.78 is 0. The van der Waals surface area contributed by atoms with Crippen molar-refractivity contribution in [3.05, 3.63) is 46.2 Å². The quantitative estimate of drug-likeness (QED) is 0.701. The fraction of sp³-hybridized carbons (Fsp3) is 0.231. The van der Waals surface area contributed by atoms with E-state index in [9.17, 15) is 0 Å². The molecule has 0 saturated heterocycles. The average molecular weight is 233 g/mol. The number of nitrogens with zero attached hydrogens (tertiary/aromatic N) is 2. The van der Waals surface area contributed by atoms with E-state index in [4.69, 9.17) is 11.6 Å². The summed E-state index contributed by atoms with van der Waals surface area (Å²) in [6.45, 7) is 6.04. The summed E-state index contributed by atoms with van der Waals surface area (Å²) in [5, 5.41) is 0.491. The van der Waals surface area contributed by atoms with Crippen molar-refractivity contribution in [1.82, 2.24) is 9.97 Å². The summed E-state index contributed by atoms with van der Waals surface area (Å²) in [4.78, 5) is 8.71. The lowest BCUT2D eigenvalue weighted by molar-refractivity contribution is 1.10. The molecular formula is C13H13ClN2. The van der Waals surface area contributed by atoms with E-state index in [1.807, 2.05) is 13.0 Å². The van der Waals surface area contributed by atoms with Crippen molar-refractivity contribution in [3.63, 3.8) is 0 Å². The number of benzene rings is 1. The van der Waals surface area contributed by atoms with Gasteiger partial charge in [-0.25, -0.2) is 9.97 Å². The smallest absolute Gasteiger partial charge is 0.161 e. The van der Waals surface area contributed by atoms with Crippen LogP contribution in [0.5, 0.6) is 0 Å². The molecule has 2 nitrogen and oxygen atoms in total. The maximum atomic E-state index is 5.95. The highest BCUT2D eigenvalue weighted by Crippen LogP contribution is 2.25. The minimum atomic E-state index is 0.491. The van der Waals surface area contributed by atoms with Gasteiger partial charge in [-0.05, 0) is 38.0 Å². The van der Waals surface area contributed by atoms with Crippen LogP contribution in [0.2, 0.25) is 5.15 Å². The Labute approximate surface area is 100 Å². The second-order valence-electron chi connectivity index (χ2n) is 3.92. The minimum absolute atomic E-state index is 0.491. The average Bonchev–Trinajstić information content (AvgIpc) is 2.15. The maximum absolute atomic E-state index is 5.95. The zero-order chi connectivity index (χ0) is 11.7. The predicted molar refractivity (Wildman–Crippen MR) is 66.7 cm³/mol. The van der Waals surface area contributed by atoms with Gasteiger partial charge >= 0.3 is 0 Å². The highest BCUT2D eigenvalue weighted by molar-refractivity contribution is 6.29. The van der Waals surface area contributed by atoms with Crippen molar-refractivity contribution in [2.45, 2.75) is 20.8 Å². The number of hydrogen-bond acceptors (Lipinski definition) is 2. The molecule has 0 bridgehead atoms. The molecule has 0 fully saturated rings. The molecule has 16 heavy (non-hydrogen) atoms. The fourth-order valence-electron chi connectivity index (χ4n) is 1.81. The van der Waals surface area contributed by atoms with Gasteiger partial charge in [0.25, 0.3) is 0 Å². The Morgan fingerprint density at radius 3 is 2.19 bits per heavy atom. The Morgan fingerprint density at radius 2 is 1.62 bits per heavy atom. The van der Waals surface area contributed by atoms with Crippen LogP contribution in [0.15, 0.2) is 24.3 Å². The number of rotatable bonds is 1. The minimum Gasteiger partial charge on any atom is -0.233 e. The first-order valence-electron chi connectivity index (χ1n) is 5.15. The molecule has 1 aromatic heterocycles. The molecule has 0 amide bonds. The SMILES string of the molecule is Cc1cc(Cl)nc(-c2c(C)cccc2C)n1. The van der Waals surface area contributed by atoms with Gasteiger partial charge in [0.2, 0.25) is 0 Å². The van der Waals surface area contributed by atoms with Crippen molar-refractivity contribution in [2.75, 3.05) is 0 Å². The van der Waals surface area contributed by atoms with Crippen LogP contribution in [-0.2, 0) is 0 Å². The Hall–Kier alpha value is -1.41. The summed E-state index contributed by atoms with van der Waals surface area (Å²) in [6.07, 6.45) is 0. The molecule has 3 heteroatoms. The monoisotopic (exact) mass is 232 g/mol. The van der Waals surface area contributed by atoms with E-state index in [0.29, 0.717) is 11.0 Å². The summed E-state index contributed by atoms with van der Waals surface area (Å²) in [5.74, 6) is 0.709. The van der Waals surface area contributed by atoms with Crippen LogP contribution in [0, 0.1) is 20.8 Å². The van der Waals surface area contributed by atoms with Gasteiger partial charge in [0, 0.05) is 11.3 Å². The van der Waals surface area contributed by atoms with Crippen molar-refractivity contribution in [3.8, 4) is 11.4 Å². The van der Waals surface area contributed by atoms with Gasteiger partial charge < -0.3 is 0 Å². The molecule has 0 aliphatic heterocycles. The first kappa shape index (κ1) is 11.1. The summed E-state index contributed by atoms with van der Waals surface area (Å²) in [5.41, 5.74) is 4.30. The number of aromatic nitrogens is 2. The number of aryl methyl sites for hydroxylation is 3. The molecule has 82 valence electrons. The van der Waals surface area contributed by atoms with Crippen molar-refractivity contribution < 1.29 is 0 Å². The van der Waals surface area contributed by atoms with Crippen LogP contribution >= 0.6 is 11.6 Å². The second-order valence-corrected chi connectivity index (χ2v) is 4.31. The van der Waals surface area contributed by atoms with Crippen LogP contribution in [0.25, 0.3) is 11.4 Å². The van der Waals surface area contributed by atoms with E-state index in [0.717, 1.165) is 11.3 Å². The molecule has 2 aromatic rings. The molecule has 1 aromatic carbocycles. The summed E-state index contributed by atoms with van der Waals surface area (Å²) >= 11 is 5.95. The molecule has 2 rings (SSSR count). The van der Waals surface area contributed by atoms with Gasteiger partial charge in [0.1, 0.15) is 5.15 Å². The molecule has 0 aliphatic carbocycles. The molecule has 0 saturated carbocycles. The molecular weight excluding hydrogens is 220 g/mol. The predicted octanol–water partition coefficient (Wildman–Crippen LogP) is 3.72. The third-order valence-electron chi connectivity index (χ3n) is 2.53. The van der Waals surface area contributed by atoms with Crippen molar-refractivity contribution >= 4 is 11.6 Å². The van der Waals surface area contributed by atoms with Crippen LogP contribution in [0.3, 0.4) is 0 Å². The number of halogens is 1. The Kier molecular flexibility index (Phi) is 2.92. The van der Waals surface area contributed by atoms with Gasteiger partial charge in [-0.15, -0.1) is 0 Å². The Morgan fingerprint density at radius 1 is 1.00 bits per heavy atom. The van der Waals surface area contributed by atoms with Crippen LogP contribution in [0.4, 0.5) is 0 Å². The summed E-state index contributed by atoms with van der Waals surface area (Å²) in [7, 11) is 0. The zero-order valence-corrected chi connectivity index (χ0v) is 10.3. The van der Waals surface area contributed by atoms with E-state index in [1.165, 1.54) is 11.1 Å². The molecule has 0 atom stereocenters. The Bertz CT molecular complexity index is 495. The van der Waals surface area contributed by atoms with E-state index < -0.39 is 0 Å². The molecule has 1 heterocycles. The highest BCUT2D eigenvalue weighted by atomic mass is 35.5. The Balaban J connectivity index is 2.67. The van der Waals surface area contributed by atoms with E-state index >= 15 is 0 Å². The van der Waals surface area contributed by atoms with Gasteiger partial charge in [0.15, 0.2) is 5.82 Å². The first-order chi connectivity index (χ1) is 7.58. The number of hydrogen-bond donors (Lipinski definition) is 0. The van der Waals surface area contributed by atoms with E-state index in [1.54, 1.807) is 6.07 Å². The van der Waals surface area contributed by atoms with E-state index in [2.05, 4.69) is 35.9 Å². The van der Waals surface area contributed by atoms with Crippen LogP contribution < -0.4 is 0 Å². The maximum Gasteiger partial charge on any atom is 0.161 e. The normalized spacial score (nSPS) is 10.5. The fourth-order valence-corrected chi connectivity index (χ4v) is 2.05. The molecule has 0 spiro atoms. The van der Waals surface area contributed by atoms with Gasteiger partial charge in [-0.1, -0.05) is 29.8 Å². The standard InChI is InChI=1S/C13H13ClN2/c1-8-5-4-6-9(2)12(8)13-15-10(3)7-11(14)16-13/h4-7H,1-3H3. The van der Waals surface area contributed by atoms with Gasteiger partial charge in [-0.2, -0.15) is 0 Å². The molecule has 0 aliphatic rings. The van der Waals surface area contributed by atoms with Gasteiger partial charge in [-0.3, -0.25) is 0 Å². The zero-order valence-electron chi connectivity index (χ0n) is 9.58.